The predicted molar refractivity (Wildman–Crippen MR) is 130 cm³/mol. The van der Waals surface area contributed by atoms with E-state index in [-0.39, 0.29) is 39.3 Å². The molecule has 4 bridgehead atoms. The zero-order valence-electron chi connectivity index (χ0n) is 20.7. The van der Waals surface area contributed by atoms with E-state index in [0.717, 1.165) is 12.7 Å². The summed E-state index contributed by atoms with van der Waals surface area (Å²) < 4.78 is 35.8. The highest BCUT2D eigenvalue weighted by Crippen LogP contribution is 2.71. The third kappa shape index (κ3) is 2.77. The van der Waals surface area contributed by atoms with Gasteiger partial charge in [0.1, 0.15) is 17.6 Å². The van der Waals surface area contributed by atoms with E-state index in [4.69, 9.17) is 9.47 Å². The SMILES string of the molecule is C=C1C(=O)[C@@]23C(=O)[C@@H]4OC[C@]5(C=CCC(C)(C)[C@@H]45)[C@@H]2CC[C@@H]1[C@H]3OC(=O)c1ccc(S(C)(=O)=O)cc1. The fourth-order valence-electron chi connectivity index (χ4n) is 8.23. The minimum atomic E-state index is -3.42. The molecule has 6 rings (SSSR count). The molecule has 0 N–H and O–H groups in total. The number of rotatable bonds is 3. The molecule has 190 valence electrons. The second kappa shape index (κ2) is 7.25. The number of hydrogen-bond donors (Lipinski definition) is 0. The lowest BCUT2D eigenvalue weighted by Crippen LogP contribution is -2.68. The van der Waals surface area contributed by atoms with Crippen LogP contribution in [0.3, 0.4) is 0 Å². The summed E-state index contributed by atoms with van der Waals surface area (Å²) in [6.45, 7) is 8.73. The number of ketones is 2. The first kappa shape index (κ1) is 23.8. The molecule has 4 fully saturated rings. The molecule has 0 aromatic heterocycles. The van der Waals surface area contributed by atoms with Crippen molar-refractivity contribution in [3.63, 3.8) is 0 Å². The van der Waals surface area contributed by atoms with Crippen LogP contribution in [0.1, 0.15) is 43.5 Å². The third-order valence-electron chi connectivity index (χ3n) is 9.62. The van der Waals surface area contributed by atoms with Gasteiger partial charge in [-0.2, -0.15) is 0 Å². The van der Waals surface area contributed by atoms with Gasteiger partial charge in [0.05, 0.1) is 17.1 Å². The Bertz CT molecular complexity index is 1350. The number of benzene rings is 1. The van der Waals surface area contributed by atoms with E-state index in [1.165, 1.54) is 24.3 Å². The number of Topliss-reactive ketones (excluding diaryl/α,β-unsaturated/α-hetero) is 2. The quantitative estimate of drug-likeness (QED) is 0.266. The zero-order chi connectivity index (χ0) is 25.8. The Kier molecular flexibility index (Phi) is 4.80. The van der Waals surface area contributed by atoms with E-state index >= 15 is 0 Å². The minimum Gasteiger partial charge on any atom is -0.457 e. The van der Waals surface area contributed by atoms with Crippen LogP contribution >= 0.6 is 0 Å². The molecule has 0 unspecified atom stereocenters. The highest BCUT2D eigenvalue weighted by molar-refractivity contribution is 7.90. The first-order chi connectivity index (χ1) is 16.9. The molecule has 8 heteroatoms. The van der Waals surface area contributed by atoms with Crippen LogP contribution in [0, 0.1) is 34.0 Å². The van der Waals surface area contributed by atoms with Crippen LogP contribution < -0.4 is 0 Å². The second-order valence-corrected chi connectivity index (χ2v) is 13.9. The van der Waals surface area contributed by atoms with Crippen molar-refractivity contribution in [3.8, 4) is 0 Å². The Morgan fingerprint density at radius 1 is 1.14 bits per heavy atom. The van der Waals surface area contributed by atoms with Crippen LogP contribution in [0.2, 0.25) is 0 Å². The number of hydrogen-bond acceptors (Lipinski definition) is 7. The summed E-state index contributed by atoms with van der Waals surface area (Å²) in [4.78, 5) is 41.6. The lowest BCUT2D eigenvalue weighted by atomic mass is 9.41. The summed E-state index contributed by atoms with van der Waals surface area (Å²) in [5.74, 6) is -2.08. The number of carbonyl (C=O) groups is 3. The van der Waals surface area contributed by atoms with E-state index in [2.05, 4.69) is 32.6 Å². The number of ether oxygens (including phenoxy) is 2. The Balaban J connectivity index is 1.43. The van der Waals surface area contributed by atoms with Crippen LogP contribution in [0.4, 0.5) is 0 Å². The van der Waals surface area contributed by atoms with Gasteiger partial charge >= 0.3 is 5.97 Å². The number of esters is 1. The molecule has 0 radical (unpaired) electrons. The van der Waals surface area contributed by atoms with Crippen molar-refractivity contribution in [3.05, 3.63) is 54.1 Å². The average Bonchev–Trinajstić information content (AvgIpc) is 3.24. The Hall–Kier alpha value is -2.58. The maximum atomic E-state index is 14.3. The van der Waals surface area contributed by atoms with Crippen molar-refractivity contribution in [2.45, 2.75) is 50.2 Å². The fourth-order valence-corrected chi connectivity index (χ4v) is 8.86. The molecule has 5 aliphatic rings. The molecular weight excluding hydrogens is 480 g/mol. The average molecular weight is 511 g/mol. The van der Waals surface area contributed by atoms with Crippen LogP contribution in [0.15, 0.2) is 53.5 Å². The molecule has 1 aliphatic heterocycles. The van der Waals surface area contributed by atoms with E-state index in [0.29, 0.717) is 25.0 Å². The topological polar surface area (TPSA) is 104 Å². The summed E-state index contributed by atoms with van der Waals surface area (Å²) in [6.07, 6.45) is 5.81. The van der Waals surface area contributed by atoms with Crippen molar-refractivity contribution in [1.82, 2.24) is 0 Å². The molecule has 1 spiro atoms. The van der Waals surface area contributed by atoms with Gasteiger partial charge in [-0.15, -0.1) is 0 Å². The fraction of sp³-hybridized carbons (Fsp3) is 0.536. The number of carbonyl (C=O) groups excluding carboxylic acids is 3. The van der Waals surface area contributed by atoms with Crippen molar-refractivity contribution in [1.29, 1.82) is 0 Å². The zero-order valence-corrected chi connectivity index (χ0v) is 21.5. The van der Waals surface area contributed by atoms with Gasteiger partial charge in [0.2, 0.25) is 0 Å². The highest BCUT2D eigenvalue weighted by Gasteiger charge is 2.80. The molecule has 7 atom stereocenters. The lowest BCUT2D eigenvalue weighted by molar-refractivity contribution is -0.178. The van der Waals surface area contributed by atoms with Gasteiger partial charge in [-0.1, -0.05) is 32.6 Å². The van der Waals surface area contributed by atoms with Crippen LogP contribution in [-0.2, 0) is 28.9 Å². The largest absolute Gasteiger partial charge is 0.457 e. The highest BCUT2D eigenvalue weighted by atomic mass is 32.2. The van der Waals surface area contributed by atoms with E-state index in [1.54, 1.807) is 0 Å². The predicted octanol–water partition coefficient (Wildman–Crippen LogP) is 3.34. The minimum absolute atomic E-state index is 0.0452. The van der Waals surface area contributed by atoms with Crippen molar-refractivity contribution >= 4 is 27.4 Å². The molecule has 1 heterocycles. The van der Waals surface area contributed by atoms with E-state index in [1.807, 2.05) is 0 Å². The number of sulfone groups is 1. The van der Waals surface area contributed by atoms with Crippen LogP contribution in [0.5, 0.6) is 0 Å². The summed E-state index contributed by atoms with van der Waals surface area (Å²) in [5, 5.41) is 0. The summed E-state index contributed by atoms with van der Waals surface area (Å²) in [5.41, 5.74) is -1.64. The Morgan fingerprint density at radius 3 is 2.50 bits per heavy atom. The maximum absolute atomic E-state index is 14.3. The van der Waals surface area contributed by atoms with Crippen LogP contribution in [-0.4, -0.2) is 51.0 Å². The summed E-state index contributed by atoms with van der Waals surface area (Å²) in [7, 11) is -3.42. The number of fused-ring (bicyclic) bond motifs is 1. The molecule has 36 heavy (non-hydrogen) atoms. The van der Waals surface area contributed by atoms with Crippen molar-refractivity contribution < 1.29 is 32.3 Å². The first-order valence-corrected chi connectivity index (χ1v) is 14.3. The molecule has 7 nitrogen and oxygen atoms in total. The Labute approximate surface area is 210 Å². The Morgan fingerprint density at radius 2 is 1.83 bits per heavy atom. The molecule has 1 aromatic carbocycles. The van der Waals surface area contributed by atoms with Gasteiger partial charge in [0.25, 0.3) is 0 Å². The van der Waals surface area contributed by atoms with Gasteiger partial charge in [-0.05, 0) is 60.4 Å². The van der Waals surface area contributed by atoms with Crippen LogP contribution in [0.25, 0.3) is 0 Å². The van der Waals surface area contributed by atoms with E-state index in [9.17, 15) is 22.8 Å². The second-order valence-electron chi connectivity index (χ2n) is 11.9. The van der Waals surface area contributed by atoms with Gasteiger partial charge in [0.15, 0.2) is 21.4 Å². The lowest BCUT2D eigenvalue weighted by Gasteiger charge is -2.59. The van der Waals surface area contributed by atoms with Crippen molar-refractivity contribution in [2.75, 3.05) is 12.9 Å². The van der Waals surface area contributed by atoms with E-state index < -0.39 is 44.8 Å². The van der Waals surface area contributed by atoms with Gasteiger partial charge < -0.3 is 9.47 Å². The van der Waals surface area contributed by atoms with Crippen molar-refractivity contribution in [2.24, 2.45) is 34.0 Å². The molecule has 1 aromatic rings. The summed E-state index contributed by atoms with van der Waals surface area (Å²) >= 11 is 0. The standard InChI is InChI=1S/C28H30O7S/c1-15-18-10-11-19-27-13-5-12-26(2,3)21(27)20(34-14-27)23(30)28(19,22(15)29)24(18)35-25(31)16-6-8-17(9-7-16)36(4,32)33/h5-9,13,18-21,24H,1,10-12,14H2,2-4H3/t18-,19-,20+,21+,24+,27+,28+/m0/s1. The molecular formula is C28H30O7S. The normalized spacial score (nSPS) is 40.1. The first-order valence-electron chi connectivity index (χ1n) is 12.4. The van der Waals surface area contributed by atoms with Gasteiger partial charge in [-0.3, -0.25) is 9.59 Å². The molecule has 3 saturated carbocycles. The summed E-state index contributed by atoms with van der Waals surface area (Å²) in [6, 6.07) is 5.49. The number of allylic oxidation sites excluding steroid dienone is 1. The molecule has 4 aliphatic carbocycles. The molecule has 1 saturated heterocycles. The maximum Gasteiger partial charge on any atom is 0.338 e. The monoisotopic (exact) mass is 510 g/mol. The molecule has 0 amide bonds. The third-order valence-corrected chi connectivity index (χ3v) is 10.7. The van der Waals surface area contributed by atoms with Gasteiger partial charge in [-0.25, -0.2) is 13.2 Å². The smallest absolute Gasteiger partial charge is 0.338 e. The van der Waals surface area contributed by atoms with Gasteiger partial charge in [0, 0.05) is 23.5 Å².